The van der Waals surface area contributed by atoms with Gasteiger partial charge in [-0.3, -0.25) is 0 Å². The van der Waals surface area contributed by atoms with Crippen molar-refractivity contribution in [2.45, 2.75) is 39.7 Å². The van der Waals surface area contributed by atoms with Crippen LogP contribution in [-0.4, -0.2) is 24.2 Å². The van der Waals surface area contributed by atoms with Gasteiger partial charge in [-0.05, 0) is 43.4 Å². The third-order valence-corrected chi connectivity index (χ3v) is 3.76. The molecule has 0 spiro atoms. The Morgan fingerprint density at radius 1 is 1.37 bits per heavy atom. The summed E-state index contributed by atoms with van der Waals surface area (Å²) in [6.45, 7) is 7.17. The molecule has 3 nitrogen and oxygen atoms in total. The van der Waals surface area contributed by atoms with Crippen molar-refractivity contribution in [1.29, 1.82) is 0 Å². The molecule has 0 bridgehead atoms. The van der Waals surface area contributed by atoms with Gasteiger partial charge >= 0.3 is 0 Å². The van der Waals surface area contributed by atoms with Gasteiger partial charge in [0, 0.05) is 6.04 Å². The number of hydrogen-bond acceptors (Lipinski definition) is 4. The molecule has 108 valence electrons. The van der Waals surface area contributed by atoms with Gasteiger partial charge in [0.1, 0.15) is 5.75 Å². The SMILES string of the molecule is CCCOc1cccc(NC(C)CCSCC)c1N. The molecule has 0 aliphatic carbocycles. The van der Waals surface area contributed by atoms with E-state index in [-0.39, 0.29) is 0 Å². The highest BCUT2D eigenvalue weighted by molar-refractivity contribution is 7.99. The number of ether oxygens (including phenoxy) is 1. The number of thioether (sulfide) groups is 1. The van der Waals surface area contributed by atoms with Crippen molar-refractivity contribution < 1.29 is 4.74 Å². The van der Waals surface area contributed by atoms with Crippen molar-refractivity contribution in [3.8, 4) is 5.75 Å². The average molecular weight is 282 g/mol. The number of nitrogens with one attached hydrogen (secondary N) is 1. The Labute approximate surface area is 121 Å². The van der Waals surface area contributed by atoms with Crippen LogP contribution in [0.1, 0.15) is 33.6 Å². The summed E-state index contributed by atoms with van der Waals surface area (Å²) in [4.78, 5) is 0. The molecule has 1 aromatic carbocycles. The molecule has 0 aliphatic rings. The van der Waals surface area contributed by atoms with Crippen LogP contribution in [0.5, 0.6) is 5.75 Å². The topological polar surface area (TPSA) is 47.3 Å². The van der Waals surface area contributed by atoms with E-state index >= 15 is 0 Å². The average Bonchev–Trinajstić information content (AvgIpc) is 2.40. The van der Waals surface area contributed by atoms with Gasteiger partial charge < -0.3 is 15.8 Å². The number of rotatable bonds is 9. The molecule has 0 saturated carbocycles. The van der Waals surface area contributed by atoms with E-state index in [0.717, 1.165) is 24.3 Å². The number of para-hydroxylation sites is 1. The second-order valence-electron chi connectivity index (χ2n) is 4.60. The second kappa shape index (κ2) is 8.97. The lowest BCUT2D eigenvalue weighted by molar-refractivity contribution is 0.319. The number of hydrogen-bond donors (Lipinski definition) is 2. The molecule has 1 atom stereocenters. The molecule has 1 aromatic rings. The third kappa shape index (κ3) is 5.64. The van der Waals surface area contributed by atoms with Crippen LogP contribution in [0, 0.1) is 0 Å². The van der Waals surface area contributed by atoms with Gasteiger partial charge in [-0.1, -0.05) is 19.9 Å². The lowest BCUT2D eigenvalue weighted by atomic mass is 10.2. The lowest BCUT2D eigenvalue weighted by Gasteiger charge is -2.18. The summed E-state index contributed by atoms with van der Waals surface area (Å²) >= 11 is 1.97. The lowest BCUT2D eigenvalue weighted by Crippen LogP contribution is -2.17. The van der Waals surface area contributed by atoms with Gasteiger partial charge in [0.2, 0.25) is 0 Å². The van der Waals surface area contributed by atoms with Gasteiger partial charge in [0.15, 0.2) is 0 Å². The third-order valence-electron chi connectivity index (χ3n) is 2.83. The molecule has 0 amide bonds. The van der Waals surface area contributed by atoms with E-state index in [1.165, 1.54) is 11.5 Å². The Morgan fingerprint density at radius 2 is 2.16 bits per heavy atom. The van der Waals surface area contributed by atoms with E-state index in [1.54, 1.807) is 0 Å². The summed E-state index contributed by atoms with van der Waals surface area (Å²) in [6, 6.07) is 6.34. The van der Waals surface area contributed by atoms with Gasteiger partial charge in [0.05, 0.1) is 18.0 Å². The first-order chi connectivity index (χ1) is 9.19. The fourth-order valence-electron chi connectivity index (χ4n) is 1.75. The standard InChI is InChI=1S/C15H26N2OS/c1-4-10-18-14-8-6-7-13(15(14)16)17-12(3)9-11-19-5-2/h6-8,12,17H,4-5,9-11,16H2,1-3H3. The molecule has 0 aromatic heterocycles. The molecule has 0 fully saturated rings. The fraction of sp³-hybridized carbons (Fsp3) is 0.600. The van der Waals surface area contributed by atoms with Crippen LogP contribution >= 0.6 is 11.8 Å². The summed E-state index contributed by atoms with van der Waals surface area (Å²) in [5, 5.41) is 3.47. The van der Waals surface area contributed by atoms with Gasteiger partial charge in [-0.2, -0.15) is 11.8 Å². The van der Waals surface area contributed by atoms with Crippen molar-refractivity contribution >= 4 is 23.1 Å². The van der Waals surface area contributed by atoms with Gasteiger partial charge in [-0.25, -0.2) is 0 Å². The Hall–Kier alpha value is -1.03. The zero-order valence-corrected chi connectivity index (χ0v) is 13.1. The molecule has 1 unspecified atom stereocenters. The summed E-state index contributed by atoms with van der Waals surface area (Å²) in [5.74, 6) is 3.13. The first-order valence-corrected chi connectivity index (χ1v) is 8.20. The van der Waals surface area contributed by atoms with Crippen molar-refractivity contribution in [1.82, 2.24) is 0 Å². The predicted molar refractivity (Wildman–Crippen MR) is 87.3 cm³/mol. The second-order valence-corrected chi connectivity index (χ2v) is 5.99. The van der Waals surface area contributed by atoms with Crippen LogP contribution in [0.2, 0.25) is 0 Å². The molecule has 3 N–H and O–H groups in total. The Kier molecular flexibility index (Phi) is 7.56. The van der Waals surface area contributed by atoms with Crippen LogP contribution in [0.4, 0.5) is 11.4 Å². The minimum atomic E-state index is 0.419. The highest BCUT2D eigenvalue weighted by atomic mass is 32.2. The summed E-state index contributed by atoms with van der Waals surface area (Å²) in [6.07, 6.45) is 2.12. The minimum absolute atomic E-state index is 0.419. The van der Waals surface area contributed by atoms with E-state index in [9.17, 15) is 0 Å². The van der Waals surface area contributed by atoms with Crippen LogP contribution in [-0.2, 0) is 0 Å². The molecule has 1 rings (SSSR count). The summed E-state index contributed by atoms with van der Waals surface area (Å²) in [7, 11) is 0. The Morgan fingerprint density at radius 3 is 2.84 bits per heavy atom. The number of nitrogen functional groups attached to an aromatic ring is 1. The van der Waals surface area contributed by atoms with Crippen molar-refractivity contribution in [3.05, 3.63) is 18.2 Å². The van der Waals surface area contributed by atoms with E-state index in [0.29, 0.717) is 18.3 Å². The van der Waals surface area contributed by atoms with Crippen LogP contribution < -0.4 is 15.8 Å². The number of benzene rings is 1. The first-order valence-electron chi connectivity index (χ1n) is 7.04. The zero-order chi connectivity index (χ0) is 14.1. The maximum atomic E-state index is 6.13. The van der Waals surface area contributed by atoms with Crippen molar-refractivity contribution in [3.63, 3.8) is 0 Å². The van der Waals surface area contributed by atoms with Crippen molar-refractivity contribution in [2.75, 3.05) is 29.2 Å². The van der Waals surface area contributed by atoms with E-state index in [2.05, 4.69) is 26.1 Å². The van der Waals surface area contributed by atoms with E-state index in [1.807, 2.05) is 30.0 Å². The van der Waals surface area contributed by atoms with E-state index in [4.69, 9.17) is 10.5 Å². The maximum absolute atomic E-state index is 6.13. The minimum Gasteiger partial charge on any atom is -0.491 e. The smallest absolute Gasteiger partial charge is 0.144 e. The number of anilines is 2. The zero-order valence-electron chi connectivity index (χ0n) is 12.2. The fourth-order valence-corrected chi connectivity index (χ4v) is 2.56. The molecular weight excluding hydrogens is 256 g/mol. The molecule has 0 radical (unpaired) electrons. The van der Waals surface area contributed by atoms with Crippen LogP contribution in [0.3, 0.4) is 0 Å². The molecule has 4 heteroatoms. The molecular formula is C15H26N2OS. The monoisotopic (exact) mass is 282 g/mol. The summed E-state index contributed by atoms with van der Waals surface area (Å²) < 4.78 is 5.64. The quantitative estimate of drug-likeness (QED) is 0.531. The Balaban J connectivity index is 2.57. The van der Waals surface area contributed by atoms with Gasteiger partial charge in [-0.15, -0.1) is 0 Å². The molecule has 0 saturated heterocycles. The molecule has 0 aliphatic heterocycles. The van der Waals surface area contributed by atoms with Crippen LogP contribution in [0.25, 0.3) is 0 Å². The highest BCUT2D eigenvalue weighted by Crippen LogP contribution is 2.30. The Bertz CT molecular complexity index is 371. The van der Waals surface area contributed by atoms with Gasteiger partial charge in [0.25, 0.3) is 0 Å². The molecule has 19 heavy (non-hydrogen) atoms. The maximum Gasteiger partial charge on any atom is 0.144 e. The summed E-state index contributed by atoms with van der Waals surface area (Å²) in [5.41, 5.74) is 7.82. The first kappa shape index (κ1) is 16.0. The number of nitrogens with two attached hydrogens (primary N) is 1. The van der Waals surface area contributed by atoms with Crippen LogP contribution in [0.15, 0.2) is 18.2 Å². The van der Waals surface area contributed by atoms with Crippen molar-refractivity contribution in [2.24, 2.45) is 0 Å². The predicted octanol–water partition coefficient (Wildman–Crippen LogP) is 4.00. The largest absolute Gasteiger partial charge is 0.491 e. The van der Waals surface area contributed by atoms with E-state index < -0.39 is 0 Å². The highest BCUT2D eigenvalue weighted by Gasteiger charge is 2.08. The normalized spacial score (nSPS) is 12.2. The molecule has 0 heterocycles.